The number of nitrogens with one attached hydrogen (secondary N) is 1. The number of aromatic nitrogens is 1. The number of hydrogen-bond acceptors (Lipinski definition) is 4. The van der Waals surface area contributed by atoms with Gasteiger partial charge in [-0.1, -0.05) is 6.07 Å². The average molecular weight is 482 g/mol. The molecule has 1 atom stereocenters. The van der Waals surface area contributed by atoms with E-state index in [0.717, 1.165) is 60.6 Å². The van der Waals surface area contributed by atoms with Crippen molar-refractivity contribution in [1.82, 2.24) is 9.88 Å². The summed E-state index contributed by atoms with van der Waals surface area (Å²) in [5.41, 5.74) is 4.07. The predicted molar refractivity (Wildman–Crippen MR) is 116 cm³/mol. The molecule has 1 saturated heterocycles. The van der Waals surface area contributed by atoms with Gasteiger partial charge in [0.05, 0.1) is 6.10 Å². The van der Waals surface area contributed by atoms with Gasteiger partial charge in [0.25, 0.3) is 5.56 Å². The van der Waals surface area contributed by atoms with E-state index in [0.29, 0.717) is 9.32 Å². The fraction of sp³-hybridized carbons (Fsp3) is 0.476. The number of nitrogens with zero attached hydrogens (tertiary/aromatic N) is 1. The van der Waals surface area contributed by atoms with Crippen molar-refractivity contribution in [2.24, 2.45) is 0 Å². The Hall–Kier alpha value is -1.38. The standard InChI is InChI=1S/C21H27IN2O3/c1-13-8-14(2)10-17(9-13)27-20-18(15(3)23-21(25)19(20)22)12-24-7-5-6-16(11-24)26-4/h8-10,16H,5-7,11-12H2,1-4H3,(H,23,25). The minimum absolute atomic E-state index is 0.107. The first-order valence-electron chi connectivity index (χ1n) is 9.30. The lowest BCUT2D eigenvalue weighted by Crippen LogP contribution is -2.39. The highest BCUT2D eigenvalue weighted by Gasteiger charge is 2.23. The fourth-order valence-corrected chi connectivity index (χ4v) is 4.26. The van der Waals surface area contributed by atoms with Crippen LogP contribution in [0.25, 0.3) is 0 Å². The largest absolute Gasteiger partial charge is 0.456 e. The van der Waals surface area contributed by atoms with Crippen LogP contribution in [0.15, 0.2) is 23.0 Å². The van der Waals surface area contributed by atoms with Crippen LogP contribution < -0.4 is 10.3 Å². The number of likely N-dealkylation sites (tertiary alicyclic amines) is 1. The van der Waals surface area contributed by atoms with E-state index >= 15 is 0 Å². The van der Waals surface area contributed by atoms with Crippen LogP contribution in [0.4, 0.5) is 0 Å². The lowest BCUT2D eigenvalue weighted by molar-refractivity contribution is 0.0282. The van der Waals surface area contributed by atoms with Crippen molar-refractivity contribution in [3.8, 4) is 11.5 Å². The number of pyridine rings is 1. The van der Waals surface area contributed by atoms with E-state index in [9.17, 15) is 4.79 Å². The summed E-state index contributed by atoms with van der Waals surface area (Å²) in [4.78, 5) is 17.7. The molecule has 2 heterocycles. The summed E-state index contributed by atoms with van der Waals surface area (Å²) in [5.74, 6) is 1.44. The maximum absolute atomic E-state index is 12.4. The lowest BCUT2D eigenvalue weighted by atomic mass is 10.1. The van der Waals surface area contributed by atoms with Gasteiger partial charge in [0.1, 0.15) is 9.32 Å². The third-order valence-electron chi connectivity index (χ3n) is 5.02. The Morgan fingerprint density at radius 1 is 1.22 bits per heavy atom. The van der Waals surface area contributed by atoms with E-state index in [4.69, 9.17) is 9.47 Å². The van der Waals surface area contributed by atoms with Crippen molar-refractivity contribution in [1.29, 1.82) is 0 Å². The number of methoxy groups -OCH3 is 1. The van der Waals surface area contributed by atoms with Crippen molar-refractivity contribution in [3.05, 3.63) is 54.5 Å². The van der Waals surface area contributed by atoms with Gasteiger partial charge in [-0.2, -0.15) is 0 Å². The molecule has 5 nitrogen and oxygen atoms in total. The molecule has 1 aliphatic heterocycles. The highest BCUT2D eigenvalue weighted by atomic mass is 127. The molecule has 1 unspecified atom stereocenters. The predicted octanol–water partition coefficient (Wildman–Crippen LogP) is 4.31. The molecule has 0 saturated carbocycles. The maximum atomic E-state index is 12.4. The van der Waals surface area contributed by atoms with Gasteiger partial charge < -0.3 is 14.5 Å². The number of halogens is 1. The molecule has 1 fully saturated rings. The smallest absolute Gasteiger partial charge is 0.265 e. The third kappa shape index (κ3) is 4.92. The van der Waals surface area contributed by atoms with E-state index in [1.54, 1.807) is 7.11 Å². The van der Waals surface area contributed by atoms with Crippen LogP contribution >= 0.6 is 22.6 Å². The minimum Gasteiger partial charge on any atom is -0.456 e. The molecule has 1 N–H and O–H groups in total. The van der Waals surface area contributed by atoms with Crippen LogP contribution in [0, 0.1) is 24.3 Å². The van der Waals surface area contributed by atoms with Gasteiger partial charge in [-0.15, -0.1) is 0 Å². The van der Waals surface area contributed by atoms with E-state index in [-0.39, 0.29) is 11.7 Å². The summed E-state index contributed by atoms with van der Waals surface area (Å²) in [6.07, 6.45) is 2.48. The summed E-state index contributed by atoms with van der Waals surface area (Å²) >= 11 is 2.09. The Morgan fingerprint density at radius 3 is 2.59 bits per heavy atom. The second-order valence-corrected chi connectivity index (χ2v) is 8.44. The van der Waals surface area contributed by atoms with E-state index in [1.165, 1.54) is 0 Å². The number of H-pyrrole nitrogens is 1. The topological polar surface area (TPSA) is 54.6 Å². The van der Waals surface area contributed by atoms with Crippen LogP contribution in [0.3, 0.4) is 0 Å². The number of ether oxygens (including phenoxy) is 2. The summed E-state index contributed by atoms with van der Waals surface area (Å²) < 4.78 is 12.4. The number of aryl methyl sites for hydroxylation is 3. The van der Waals surface area contributed by atoms with Gasteiger partial charge in [0.15, 0.2) is 5.75 Å². The summed E-state index contributed by atoms with van der Waals surface area (Å²) in [7, 11) is 1.77. The molecule has 1 aliphatic rings. The van der Waals surface area contributed by atoms with Crippen molar-refractivity contribution < 1.29 is 9.47 Å². The first-order valence-corrected chi connectivity index (χ1v) is 10.4. The molecule has 0 radical (unpaired) electrons. The lowest BCUT2D eigenvalue weighted by Gasteiger charge is -2.32. The van der Waals surface area contributed by atoms with Crippen LogP contribution in [0.2, 0.25) is 0 Å². The van der Waals surface area contributed by atoms with Gasteiger partial charge >= 0.3 is 0 Å². The molecule has 0 amide bonds. The fourth-order valence-electron chi connectivity index (χ4n) is 3.69. The van der Waals surface area contributed by atoms with Crippen molar-refractivity contribution in [2.75, 3.05) is 20.2 Å². The molecule has 146 valence electrons. The Morgan fingerprint density at radius 2 is 1.93 bits per heavy atom. The van der Waals surface area contributed by atoms with Gasteiger partial charge in [0, 0.05) is 31.5 Å². The SMILES string of the molecule is COC1CCCN(Cc2c(C)[nH]c(=O)c(I)c2Oc2cc(C)cc(C)c2)C1. The van der Waals surface area contributed by atoms with E-state index in [2.05, 4.69) is 38.5 Å². The number of benzene rings is 1. The zero-order valence-corrected chi connectivity index (χ0v) is 18.6. The second-order valence-electron chi connectivity index (χ2n) is 7.36. The molecule has 1 aromatic carbocycles. The molecule has 2 aromatic rings. The third-order valence-corrected chi connectivity index (χ3v) is 6.00. The van der Waals surface area contributed by atoms with Crippen LogP contribution in [0.5, 0.6) is 11.5 Å². The first-order chi connectivity index (χ1) is 12.9. The molecule has 1 aromatic heterocycles. The monoisotopic (exact) mass is 482 g/mol. The summed E-state index contributed by atoms with van der Waals surface area (Å²) in [5, 5.41) is 0. The van der Waals surface area contributed by atoms with Gasteiger partial charge in [-0.05, 0) is 86.0 Å². The second kappa shape index (κ2) is 8.75. The molecule has 0 spiro atoms. The molecular weight excluding hydrogens is 455 g/mol. The Labute approximate surface area is 174 Å². The van der Waals surface area contributed by atoms with Crippen LogP contribution in [-0.2, 0) is 11.3 Å². The Bertz CT molecular complexity index is 858. The van der Waals surface area contributed by atoms with Crippen molar-refractivity contribution in [2.45, 2.75) is 46.3 Å². The highest BCUT2D eigenvalue weighted by Crippen LogP contribution is 2.32. The van der Waals surface area contributed by atoms with Gasteiger partial charge in [0.2, 0.25) is 0 Å². The summed E-state index contributed by atoms with van der Waals surface area (Å²) in [6, 6.07) is 6.12. The van der Waals surface area contributed by atoms with Crippen LogP contribution in [-0.4, -0.2) is 36.2 Å². The van der Waals surface area contributed by atoms with Gasteiger partial charge in [-0.25, -0.2) is 0 Å². The van der Waals surface area contributed by atoms with E-state index in [1.807, 2.05) is 32.9 Å². The Kier molecular flexibility index (Phi) is 6.60. The minimum atomic E-state index is -0.107. The van der Waals surface area contributed by atoms with Gasteiger partial charge in [-0.3, -0.25) is 9.69 Å². The van der Waals surface area contributed by atoms with E-state index < -0.39 is 0 Å². The normalized spacial score (nSPS) is 17.9. The molecule has 6 heteroatoms. The number of piperidine rings is 1. The number of rotatable bonds is 5. The molecular formula is C21H27IN2O3. The molecule has 3 rings (SSSR count). The maximum Gasteiger partial charge on any atom is 0.265 e. The summed E-state index contributed by atoms with van der Waals surface area (Å²) in [6.45, 7) is 8.70. The molecule has 0 aliphatic carbocycles. The first kappa shape index (κ1) is 20.4. The highest BCUT2D eigenvalue weighted by molar-refractivity contribution is 14.1. The molecule has 27 heavy (non-hydrogen) atoms. The molecule has 0 bridgehead atoms. The quantitative estimate of drug-likeness (QED) is 0.646. The zero-order valence-electron chi connectivity index (χ0n) is 16.4. The average Bonchev–Trinajstić information content (AvgIpc) is 2.62. The van der Waals surface area contributed by atoms with Crippen molar-refractivity contribution in [3.63, 3.8) is 0 Å². The number of aromatic amines is 1. The Balaban J connectivity index is 1.95. The van der Waals surface area contributed by atoms with Crippen LogP contribution in [0.1, 0.15) is 35.2 Å². The number of hydrogen-bond donors (Lipinski definition) is 1. The zero-order chi connectivity index (χ0) is 19.6. The van der Waals surface area contributed by atoms with Crippen molar-refractivity contribution >= 4 is 22.6 Å².